The summed E-state index contributed by atoms with van der Waals surface area (Å²) >= 11 is 17.5. The smallest absolute Gasteiger partial charge is 0.176 e. The summed E-state index contributed by atoms with van der Waals surface area (Å²) in [6, 6.07) is 15.4. The van der Waals surface area contributed by atoms with Gasteiger partial charge in [-0.15, -0.1) is 0 Å². The predicted octanol–water partition coefficient (Wildman–Crippen LogP) is 5.61. The number of benzene rings is 2. The lowest BCUT2D eigenvalue weighted by molar-refractivity contribution is 0.690. The van der Waals surface area contributed by atoms with Crippen LogP contribution in [0.3, 0.4) is 0 Å². The van der Waals surface area contributed by atoms with Gasteiger partial charge in [-0.3, -0.25) is 4.68 Å². The van der Waals surface area contributed by atoms with E-state index in [0.29, 0.717) is 27.5 Å². The van der Waals surface area contributed by atoms with Crippen LogP contribution in [0, 0.1) is 0 Å². The molecule has 0 unspecified atom stereocenters. The Morgan fingerprint density at radius 1 is 1.08 bits per heavy atom. The van der Waals surface area contributed by atoms with Gasteiger partial charge in [0.25, 0.3) is 0 Å². The number of thiocarbonyl (C=S) groups is 1. The van der Waals surface area contributed by atoms with Gasteiger partial charge in [0.15, 0.2) is 10.9 Å². The van der Waals surface area contributed by atoms with E-state index in [1.165, 1.54) is 5.56 Å². The topological polar surface area (TPSA) is 41.9 Å². The van der Waals surface area contributed by atoms with E-state index in [9.17, 15) is 0 Å². The summed E-state index contributed by atoms with van der Waals surface area (Å²) in [5, 5.41) is 12.5. The Bertz CT molecular complexity index is 923. The van der Waals surface area contributed by atoms with E-state index >= 15 is 0 Å². The Kier molecular flexibility index (Phi) is 6.14. The Hall–Kier alpha value is -2.08. The molecule has 1 heterocycles. The molecule has 0 saturated carbocycles. The molecular weight excluding hydrogens is 387 g/mol. The number of nitrogens with zero attached hydrogens (tertiary/aromatic N) is 2. The maximum Gasteiger partial charge on any atom is 0.176 e. The second kappa shape index (κ2) is 8.54. The lowest BCUT2D eigenvalue weighted by Gasteiger charge is -2.12. The number of para-hydroxylation sites is 1. The van der Waals surface area contributed by atoms with Crippen molar-refractivity contribution in [1.29, 1.82) is 0 Å². The van der Waals surface area contributed by atoms with E-state index in [1.807, 2.05) is 42.6 Å². The van der Waals surface area contributed by atoms with Gasteiger partial charge in [0.2, 0.25) is 0 Å². The maximum absolute atomic E-state index is 6.22. The normalized spacial score (nSPS) is 10.6. The zero-order chi connectivity index (χ0) is 18.5. The van der Waals surface area contributed by atoms with E-state index < -0.39 is 0 Å². The summed E-state index contributed by atoms with van der Waals surface area (Å²) in [6.07, 6.45) is 2.80. The van der Waals surface area contributed by atoms with Gasteiger partial charge in [-0.05, 0) is 48.0 Å². The fourth-order valence-electron chi connectivity index (χ4n) is 2.56. The van der Waals surface area contributed by atoms with Gasteiger partial charge in [0, 0.05) is 28.0 Å². The lowest BCUT2D eigenvalue weighted by atomic mass is 10.1. The van der Waals surface area contributed by atoms with Crippen LogP contribution >= 0.6 is 35.4 Å². The number of anilines is 2. The van der Waals surface area contributed by atoms with Gasteiger partial charge < -0.3 is 10.6 Å². The van der Waals surface area contributed by atoms with Gasteiger partial charge in [-0.1, -0.05) is 54.4 Å². The predicted molar refractivity (Wildman–Crippen MR) is 113 cm³/mol. The first-order chi connectivity index (χ1) is 12.5. The Morgan fingerprint density at radius 3 is 2.65 bits per heavy atom. The average molecular weight is 405 g/mol. The van der Waals surface area contributed by atoms with Crippen LogP contribution in [-0.2, 0) is 13.0 Å². The Labute approximate surface area is 168 Å². The number of nitrogens with one attached hydrogen (secondary N) is 2. The van der Waals surface area contributed by atoms with Crippen molar-refractivity contribution in [2.24, 2.45) is 0 Å². The van der Waals surface area contributed by atoms with Crippen LogP contribution in [0.5, 0.6) is 0 Å². The number of aryl methyl sites for hydroxylation is 1. The first kappa shape index (κ1) is 18.7. The van der Waals surface area contributed by atoms with Gasteiger partial charge in [-0.25, -0.2) is 0 Å². The summed E-state index contributed by atoms with van der Waals surface area (Å²) < 4.78 is 1.79. The van der Waals surface area contributed by atoms with Gasteiger partial charge in [0.05, 0.1) is 6.54 Å². The third kappa shape index (κ3) is 4.75. The number of halogens is 2. The first-order valence-electron chi connectivity index (χ1n) is 8.18. The van der Waals surface area contributed by atoms with Crippen molar-refractivity contribution in [3.63, 3.8) is 0 Å². The molecule has 0 spiro atoms. The van der Waals surface area contributed by atoms with Crippen molar-refractivity contribution in [1.82, 2.24) is 9.78 Å². The molecule has 0 fully saturated rings. The summed E-state index contributed by atoms with van der Waals surface area (Å²) in [7, 11) is 0. The molecule has 2 aromatic carbocycles. The quantitative estimate of drug-likeness (QED) is 0.542. The molecule has 0 amide bonds. The molecule has 0 bridgehead atoms. The van der Waals surface area contributed by atoms with Crippen molar-refractivity contribution >= 4 is 52.0 Å². The minimum atomic E-state index is 0.501. The minimum absolute atomic E-state index is 0.501. The Balaban J connectivity index is 1.63. The summed E-state index contributed by atoms with van der Waals surface area (Å²) in [5.74, 6) is 0.668. The van der Waals surface area contributed by atoms with Crippen molar-refractivity contribution < 1.29 is 0 Å². The highest BCUT2D eigenvalue weighted by molar-refractivity contribution is 7.80. The maximum atomic E-state index is 6.22. The van der Waals surface area contributed by atoms with Crippen LogP contribution in [-0.4, -0.2) is 14.9 Å². The molecule has 0 aliphatic heterocycles. The zero-order valence-corrected chi connectivity index (χ0v) is 16.5. The second-order valence-corrected chi connectivity index (χ2v) is 6.98. The van der Waals surface area contributed by atoms with Crippen LogP contribution in [0.25, 0.3) is 0 Å². The van der Waals surface area contributed by atoms with Crippen LogP contribution in [0.15, 0.2) is 54.7 Å². The third-order valence-electron chi connectivity index (χ3n) is 3.88. The first-order valence-corrected chi connectivity index (χ1v) is 9.35. The molecule has 0 aliphatic carbocycles. The standard InChI is InChI=1S/C19H18Cl2N4S/c1-2-13-5-3-4-6-17(13)22-19(26)23-18-9-10-25(24-18)12-14-7-8-15(20)11-16(14)21/h3-11H,2,12H2,1H3,(H2,22,23,24,26). The van der Waals surface area contributed by atoms with Crippen LogP contribution in [0.2, 0.25) is 10.0 Å². The molecule has 4 nitrogen and oxygen atoms in total. The van der Waals surface area contributed by atoms with E-state index in [2.05, 4.69) is 28.7 Å². The van der Waals surface area contributed by atoms with E-state index in [1.54, 1.807) is 10.7 Å². The highest BCUT2D eigenvalue weighted by Gasteiger charge is 2.07. The molecular formula is C19H18Cl2N4S. The molecule has 2 N–H and O–H groups in total. The molecule has 3 rings (SSSR count). The SMILES string of the molecule is CCc1ccccc1NC(=S)Nc1ccn(Cc2ccc(Cl)cc2Cl)n1. The fourth-order valence-corrected chi connectivity index (χ4v) is 3.24. The number of rotatable bonds is 5. The largest absolute Gasteiger partial charge is 0.332 e. The minimum Gasteiger partial charge on any atom is -0.332 e. The van der Waals surface area contributed by atoms with E-state index in [4.69, 9.17) is 35.4 Å². The molecule has 0 aliphatic rings. The molecule has 3 aromatic rings. The molecule has 0 radical (unpaired) electrons. The zero-order valence-electron chi connectivity index (χ0n) is 14.2. The molecule has 26 heavy (non-hydrogen) atoms. The molecule has 0 atom stereocenters. The highest BCUT2D eigenvalue weighted by Crippen LogP contribution is 2.22. The van der Waals surface area contributed by atoms with E-state index in [0.717, 1.165) is 17.7 Å². The van der Waals surface area contributed by atoms with Crippen molar-refractivity contribution in [3.05, 3.63) is 75.9 Å². The average Bonchev–Trinajstić information content (AvgIpc) is 3.04. The van der Waals surface area contributed by atoms with Crippen molar-refractivity contribution in [2.75, 3.05) is 10.6 Å². The van der Waals surface area contributed by atoms with Crippen LogP contribution in [0.4, 0.5) is 11.5 Å². The molecule has 0 saturated heterocycles. The summed E-state index contributed by atoms with van der Waals surface area (Å²) in [5.41, 5.74) is 3.16. The van der Waals surface area contributed by atoms with Gasteiger partial charge in [0.1, 0.15) is 0 Å². The Morgan fingerprint density at radius 2 is 1.88 bits per heavy atom. The van der Waals surface area contributed by atoms with Crippen molar-refractivity contribution in [2.45, 2.75) is 19.9 Å². The van der Waals surface area contributed by atoms with Crippen LogP contribution in [0.1, 0.15) is 18.1 Å². The molecule has 134 valence electrons. The number of aromatic nitrogens is 2. The van der Waals surface area contributed by atoms with E-state index in [-0.39, 0.29) is 0 Å². The molecule has 1 aromatic heterocycles. The van der Waals surface area contributed by atoms with Crippen LogP contribution < -0.4 is 10.6 Å². The summed E-state index contributed by atoms with van der Waals surface area (Å²) in [6.45, 7) is 2.66. The molecule has 7 heteroatoms. The lowest BCUT2D eigenvalue weighted by Crippen LogP contribution is -2.20. The number of hydrogen-bond acceptors (Lipinski definition) is 2. The monoisotopic (exact) mass is 404 g/mol. The number of hydrogen-bond donors (Lipinski definition) is 2. The van der Waals surface area contributed by atoms with Gasteiger partial charge >= 0.3 is 0 Å². The summed E-state index contributed by atoms with van der Waals surface area (Å²) in [4.78, 5) is 0. The second-order valence-electron chi connectivity index (χ2n) is 5.72. The fraction of sp³-hybridized carbons (Fsp3) is 0.158. The van der Waals surface area contributed by atoms with Crippen molar-refractivity contribution in [3.8, 4) is 0 Å². The van der Waals surface area contributed by atoms with Gasteiger partial charge in [-0.2, -0.15) is 5.10 Å². The highest BCUT2D eigenvalue weighted by atomic mass is 35.5. The third-order valence-corrected chi connectivity index (χ3v) is 4.67.